The molecule has 0 saturated carbocycles. The number of benzene rings is 1. The lowest BCUT2D eigenvalue weighted by Gasteiger charge is -2.12. The van der Waals surface area contributed by atoms with E-state index in [1.54, 1.807) is 19.1 Å². The Morgan fingerprint density at radius 3 is 2.80 bits per heavy atom. The minimum Gasteiger partial charge on any atom is -0.479 e. The first-order chi connectivity index (χ1) is 7.04. The Kier molecular flexibility index (Phi) is 3.29. The van der Waals surface area contributed by atoms with Gasteiger partial charge in [0, 0.05) is 0 Å². The highest BCUT2D eigenvalue weighted by molar-refractivity contribution is 5.72. The molecule has 1 unspecified atom stereocenters. The van der Waals surface area contributed by atoms with Crippen LogP contribution in [0.1, 0.15) is 18.1 Å². The maximum atomic E-state index is 10.6. The van der Waals surface area contributed by atoms with Crippen molar-refractivity contribution < 1.29 is 14.6 Å². The molecule has 4 nitrogen and oxygen atoms in total. The fourth-order valence-corrected chi connectivity index (χ4v) is 1.04. The molecule has 0 radical (unpaired) electrons. The maximum Gasteiger partial charge on any atom is 0.344 e. The lowest BCUT2D eigenvalue weighted by Crippen LogP contribution is -2.23. The van der Waals surface area contributed by atoms with Gasteiger partial charge in [0.05, 0.1) is 11.6 Å². The zero-order chi connectivity index (χ0) is 11.4. The molecule has 1 rings (SSSR count). The van der Waals surface area contributed by atoms with Crippen molar-refractivity contribution in [2.45, 2.75) is 20.0 Å². The smallest absolute Gasteiger partial charge is 0.344 e. The summed E-state index contributed by atoms with van der Waals surface area (Å²) in [6.45, 7) is 3.24. The van der Waals surface area contributed by atoms with Crippen molar-refractivity contribution in [2.24, 2.45) is 0 Å². The third kappa shape index (κ3) is 2.71. The first-order valence-electron chi connectivity index (χ1n) is 4.45. The highest BCUT2D eigenvalue weighted by Gasteiger charge is 2.13. The van der Waals surface area contributed by atoms with E-state index in [1.165, 1.54) is 13.0 Å². The lowest BCUT2D eigenvalue weighted by atomic mass is 10.1. The molecule has 0 heterocycles. The van der Waals surface area contributed by atoms with Gasteiger partial charge in [-0.1, -0.05) is 6.07 Å². The Morgan fingerprint density at radius 2 is 2.27 bits per heavy atom. The van der Waals surface area contributed by atoms with E-state index in [0.717, 1.165) is 5.56 Å². The maximum absolute atomic E-state index is 10.6. The predicted molar refractivity (Wildman–Crippen MR) is 53.6 cm³/mol. The molecular weight excluding hydrogens is 194 g/mol. The van der Waals surface area contributed by atoms with Gasteiger partial charge in [0.15, 0.2) is 6.10 Å². The number of hydrogen-bond donors (Lipinski definition) is 1. The van der Waals surface area contributed by atoms with Gasteiger partial charge in [-0.15, -0.1) is 0 Å². The molecule has 0 amide bonds. The number of carboxylic acid groups (broad SMARTS) is 1. The summed E-state index contributed by atoms with van der Waals surface area (Å²) in [5, 5.41) is 17.3. The Morgan fingerprint density at radius 1 is 1.60 bits per heavy atom. The predicted octanol–water partition coefficient (Wildman–Crippen LogP) is 1.72. The Bertz CT molecular complexity index is 420. The third-order valence-corrected chi connectivity index (χ3v) is 1.97. The van der Waals surface area contributed by atoms with E-state index in [-0.39, 0.29) is 0 Å². The number of hydrogen-bond acceptors (Lipinski definition) is 3. The normalized spacial score (nSPS) is 11.5. The van der Waals surface area contributed by atoms with E-state index < -0.39 is 12.1 Å². The van der Waals surface area contributed by atoms with Crippen LogP contribution in [0.25, 0.3) is 0 Å². The first-order valence-corrected chi connectivity index (χ1v) is 4.45. The molecule has 0 aliphatic heterocycles. The van der Waals surface area contributed by atoms with Crippen LogP contribution >= 0.6 is 0 Å². The standard InChI is InChI=1S/C11H11NO3/c1-7-3-4-9(6-12)5-10(7)15-8(2)11(13)14/h3-5,8H,1-2H3,(H,13,14). The second-order valence-electron chi connectivity index (χ2n) is 3.19. The van der Waals surface area contributed by atoms with E-state index >= 15 is 0 Å². The van der Waals surface area contributed by atoms with Gasteiger partial charge in [0.1, 0.15) is 5.75 Å². The number of nitriles is 1. The van der Waals surface area contributed by atoms with Crippen LogP contribution in [0.15, 0.2) is 18.2 Å². The summed E-state index contributed by atoms with van der Waals surface area (Å²) in [7, 11) is 0. The van der Waals surface area contributed by atoms with Crippen LogP contribution in [-0.4, -0.2) is 17.2 Å². The molecule has 1 aromatic rings. The van der Waals surface area contributed by atoms with Gasteiger partial charge in [-0.2, -0.15) is 5.26 Å². The van der Waals surface area contributed by atoms with Gasteiger partial charge in [0.25, 0.3) is 0 Å². The Balaban J connectivity index is 2.94. The van der Waals surface area contributed by atoms with Crippen LogP contribution in [-0.2, 0) is 4.79 Å². The average molecular weight is 205 g/mol. The van der Waals surface area contributed by atoms with Crippen LogP contribution in [0, 0.1) is 18.3 Å². The average Bonchev–Trinajstić information content (AvgIpc) is 2.21. The van der Waals surface area contributed by atoms with Crippen molar-refractivity contribution in [3.63, 3.8) is 0 Å². The van der Waals surface area contributed by atoms with Crippen molar-refractivity contribution >= 4 is 5.97 Å². The monoisotopic (exact) mass is 205 g/mol. The molecule has 78 valence electrons. The molecule has 0 fully saturated rings. The van der Waals surface area contributed by atoms with Crippen LogP contribution < -0.4 is 4.74 Å². The number of carboxylic acids is 1. The summed E-state index contributed by atoms with van der Waals surface area (Å²) in [4.78, 5) is 10.6. The molecule has 0 spiro atoms. The number of rotatable bonds is 3. The minimum absolute atomic E-state index is 0.434. The Hall–Kier alpha value is -2.02. The molecule has 0 aliphatic carbocycles. The van der Waals surface area contributed by atoms with E-state index in [0.29, 0.717) is 11.3 Å². The number of nitrogens with zero attached hydrogens (tertiary/aromatic N) is 1. The molecule has 1 atom stereocenters. The lowest BCUT2D eigenvalue weighted by molar-refractivity contribution is -0.144. The van der Waals surface area contributed by atoms with Crippen molar-refractivity contribution in [3.8, 4) is 11.8 Å². The van der Waals surface area contributed by atoms with Gasteiger partial charge in [-0.05, 0) is 31.5 Å². The molecular formula is C11H11NO3. The van der Waals surface area contributed by atoms with Crippen molar-refractivity contribution in [1.29, 1.82) is 5.26 Å². The zero-order valence-corrected chi connectivity index (χ0v) is 8.52. The fourth-order valence-electron chi connectivity index (χ4n) is 1.04. The molecule has 4 heteroatoms. The molecule has 0 saturated heterocycles. The van der Waals surface area contributed by atoms with Gasteiger partial charge < -0.3 is 9.84 Å². The fraction of sp³-hybridized carbons (Fsp3) is 0.273. The first kappa shape index (κ1) is 11.1. The van der Waals surface area contributed by atoms with Crippen LogP contribution in [0.3, 0.4) is 0 Å². The molecule has 15 heavy (non-hydrogen) atoms. The van der Waals surface area contributed by atoms with E-state index in [9.17, 15) is 4.79 Å². The largest absolute Gasteiger partial charge is 0.479 e. The summed E-state index contributed by atoms with van der Waals surface area (Å²) in [5.41, 5.74) is 1.26. The SMILES string of the molecule is Cc1ccc(C#N)cc1OC(C)C(=O)O. The zero-order valence-electron chi connectivity index (χ0n) is 8.52. The Labute approximate surface area is 87.7 Å². The van der Waals surface area contributed by atoms with Crippen molar-refractivity contribution in [1.82, 2.24) is 0 Å². The van der Waals surface area contributed by atoms with Crippen LogP contribution in [0.4, 0.5) is 0 Å². The topological polar surface area (TPSA) is 70.3 Å². The van der Waals surface area contributed by atoms with Crippen LogP contribution in [0.5, 0.6) is 5.75 Å². The molecule has 0 aromatic heterocycles. The number of carbonyl (C=O) groups is 1. The van der Waals surface area contributed by atoms with Gasteiger partial charge in [-0.3, -0.25) is 0 Å². The number of ether oxygens (including phenoxy) is 1. The number of aliphatic carboxylic acids is 1. The quantitative estimate of drug-likeness (QED) is 0.815. The summed E-state index contributed by atoms with van der Waals surface area (Å²) < 4.78 is 5.20. The molecule has 0 aliphatic rings. The second-order valence-corrected chi connectivity index (χ2v) is 3.19. The third-order valence-electron chi connectivity index (χ3n) is 1.97. The molecule has 1 aromatic carbocycles. The van der Waals surface area contributed by atoms with E-state index in [4.69, 9.17) is 15.1 Å². The summed E-state index contributed by atoms with van der Waals surface area (Å²) in [5.74, 6) is -0.597. The number of aryl methyl sites for hydroxylation is 1. The highest BCUT2D eigenvalue weighted by Crippen LogP contribution is 2.20. The highest BCUT2D eigenvalue weighted by atomic mass is 16.5. The van der Waals surface area contributed by atoms with Crippen LogP contribution in [0.2, 0.25) is 0 Å². The van der Waals surface area contributed by atoms with Gasteiger partial charge in [0.2, 0.25) is 0 Å². The van der Waals surface area contributed by atoms with Crippen molar-refractivity contribution in [2.75, 3.05) is 0 Å². The molecule has 0 bridgehead atoms. The van der Waals surface area contributed by atoms with E-state index in [1.807, 2.05) is 6.07 Å². The van der Waals surface area contributed by atoms with E-state index in [2.05, 4.69) is 0 Å². The second kappa shape index (κ2) is 4.47. The summed E-state index contributed by atoms with van der Waals surface area (Å²) >= 11 is 0. The van der Waals surface area contributed by atoms with Gasteiger partial charge in [-0.25, -0.2) is 4.79 Å². The minimum atomic E-state index is -1.03. The van der Waals surface area contributed by atoms with Crippen molar-refractivity contribution in [3.05, 3.63) is 29.3 Å². The molecule has 1 N–H and O–H groups in total. The summed E-state index contributed by atoms with van der Waals surface area (Å²) in [6, 6.07) is 6.89. The summed E-state index contributed by atoms with van der Waals surface area (Å²) in [6.07, 6.45) is -0.919. The van der Waals surface area contributed by atoms with Gasteiger partial charge >= 0.3 is 5.97 Å².